The van der Waals surface area contributed by atoms with Gasteiger partial charge in [-0.25, -0.2) is 4.79 Å². The SMILES string of the molecule is CC(C)(C)N1CCC(NC(=O)Cc2ccccc2C(=O)O)CC1. The Morgan fingerprint density at radius 2 is 1.83 bits per heavy atom. The molecule has 0 unspecified atom stereocenters. The zero-order chi connectivity index (χ0) is 17.0. The van der Waals surface area contributed by atoms with Crippen LogP contribution in [0.2, 0.25) is 0 Å². The Labute approximate surface area is 137 Å². The number of carbonyl (C=O) groups is 2. The van der Waals surface area contributed by atoms with Gasteiger partial charge in [-0.2, -0.15) is 0 Å². The summed E-state index contributed by atoms with van der Waals surface area (Å²) in [6.45, 7) is 8.55. The van der Waals surface area contributed by atoms with Gasteiger partial charge in [-0.3, -0.25) is 9.69 Å². The molecule has 1 amide bonds. The first-order valence-electron chi connectivity index (χ1n) is 8.13. The lowest BCUT2D eigenvalue weighted by Crippen LogP contribution is -2.51. The van der Waals surface area contributed by atoms with Crippen molar-refractivity contribution >= 4 is 11.9 Å². The van der Waals surface area contributed by atoms with Gasteiger partial charge in [-0.15, -0.1) is 0 Å². The van der Waals surface area contributed by atoms with E-state index < -0.39 is 5.97 Å². The Morgan fingerprint density at radius 3 is 2.39 bits per heavy atom. The van der Waals surface area contributed by atoms with Crippen LogP contribution in [0, 0.1) is 0 Å². The van der Waals surface area contributed by atoms with E-state index in [1.165, 1.54) is 6.07 Å². The van der Waals surface area contributed by atoms with Gasteiger partial charge in [-0.05, 0) is 45.2 Å². The highest BCUT2D eigenvalue weighted by molar-refractivity contribution is 5.91. The number of benzene rings is 1. The van der Waals surface area contributed by atoms with Crippen molar-refractivity contribution in [2.45, 2.75) is 51.6 Å². The summed E-state index contributed by atoms with van der Waals surface area (Å²) in [7, 11) is 0. The number of hydrogen-bond acceptors (Lipinski definition) is 3. The summed E-state index contributed by atoms with van der Waals surface area (Å²) in [5.41, 5.74) is 0.921. The maximum atomic E-state index is 12.2. The highest BCUT2D eigenvalue weighted by Gasteiger charge is 2.27. The monoisotopic (exact) mass is 318 g/mol. The molecule has 1 fully saturated rings. The summed E-state index contributed by atoms with van der Waals surface area (Å²) < 4.78 is 0. The Bertz CT molecular complexity index is 570. The third-order valence-electron chi connectivity index (χ3n) is 4.41. The van der Waals surface area contributed by atoms with Crippen LogP contribution in [-0.2, 0) is 11.2 Å². The number of rotatable bonds is 4. The van der Waals surface area contributed by atoms with Crippen LogP contribution < -0.4 is 5.32 Å². The van der Waals surface area contributed by atoms with Crippen molar-refractivity contribution in [3.8, 4) is 0 Å². The maximum absolute atomic E-state index is 12.2. The molecule has 1 aliphatic heterocycles. The summed E-state index contributed by atoms with van der Waals surface area (Å²) in [4.78, 5) is 25.8. The first-order valence-corrected chi connectivity index (χ1v) is 8.13. The molecule has 2 rings (SSSR count). The van der Waals surface area contributed by atoms with E-state index in [-0.39, 0.29) is 29.5 Å². The molecule has 0 radical (unpaired) electrons. The Morgan fingerprint density at radius 1 is 1.22 bits per heavy atom. The van der Waals surface area contributed by atoms with Crippen LogP contribution in [0.15, 0.2) is 24.3 Å². The Hall–Kier alpha value is -1.88. The molecule has 5 nitrogen and oxygen atoms in total. The molecule has 0 spiro atoms. The highest BCUT2D eigenvalue weighted by Crippen LogP contribution is 2.20. The van der Waals surface area contributed by atoms with Gasteiger partial charge in [0.15, 0.2) is 0 Å². The zero-order valence-corrected chi connectivity index (χ0v) is 14.1. The van der Waals surface area contributed by atoms with E-state index in [1.54, 1.807) is 18.2 Å². The van der Waals surface area contributed by atoms with E-state index >= 15 is 0 Å². The maximum Gasteiger partial charge on any atom is 0.335 e. The van der Waals surface area contributed by atoms with Crippen LogP contribution in [0.1, 0.15) is 49.5 Å². The summed E-state index contributed by atoms with van der Waals surface area (Å²) in [5, 5.41) is 12.2. The van der Waals surface area contributed by atoms with Crippen molar-refractivity contribution in [1.82, 2.24) is 10.2 Å². The fraction of sp³-hybridized carbons (Fsp3) is 0.556. The first kappa shape index (κ1) is 17.5. The van der Waals surface area contributed by atoms with E-state index in [4.69, 9.17) is 5.11 Å². The molecule has 1 saturated heterocycles. The Balaban J connectivity index is 1.88. The van der Waals surface area contributed by atoms with Crippen molar-refractivity contribution in [3.05, 3.63) is 35.4 Å². The molecule has 1 heterocycles. The number of carboxylic acids is 1. The van der Waals surface area contributed by atoms with Crippen molar-refractivity contribution in [1.29, 1.82) is 0 Å². The van der Waals surface area contributed by atoms with Crippen molar-refractivity contribution < 1.29 is 14.7 Å². The summed E-state index contributed by atoms with van der Waals surface area (Å²) in [5.74, 6) is -1.10. The second-order valence-electron chi connectivity index (χ2n) is 7.14. The van der Waals surface area contributed by atoms with E-state index in [9.17, 15) is 9.59 Å². The van der Waals surface area contributed by atoms with Crippen molar-refractivity contribution in [2.75, 3.05) is 13.1 Å². The average molecular weight is 318 g/mol. The molecular formula is C18H26N2O3. The van der Waals surface area contributed by atoms with Crippen LogP contribution in [-0.4, -0.2) is 46.6 Å². The standard InChI is InChI=1S/C18H26N2O3/c1-18(2,3)20-10-8-14(9-11-20)19-16(21)12-13-6-4-5-7-15(13)17(22)23/h4-7,14H,8-12H2,1-3H3,(H,19,21)(H,22,23). The third kappa shape index (κ3) is 4.79. The topological polar surface area (TPSA) is 69.6 Å². The summed E-state index contributed by atoms with van der Waals surface area (Å²) >= 11 is 0. The molecule has 2 N–H and O–H groups in total. The number of nitrogens with one attached hydrogen (secondary N) is 1. The minimum absolute atomic E-state index is 0.104. The third-order valence-corrected chi connectivity index (χ3v) is 4.41. The van der Waals surface area contributed by atoms with Crippen LogP contribution in [0.25, 0.3) is 0 Å². The van der Waals surface area contributed by atoms with Crippen molar-refractivity contribution in [3.63, 3.8) is 0 Å². The van der Waals surface area contributed by atoms with Crippen molar-refractivity contribution in [2.24, 2.45) is 0 Å². The number of carbonyl (C=O) groups excluding carboxylic acids is 1. The number of aromatic carboxylic acids is 1. The molecule has 1 aromatic carbocycles. The number of amides is 1. The largest absolute Gasteiger partial charge is 0.478 e. The number of nitrogens with zero attached hydrogens (tertiary/aromatic N) is 1. The highest BCUT2D eigenvalue weighted by atomic mass is 16.4. The van der Waals surface area contributed by atoms with Gasteiger partial charge < -0.3 is 10.4 Å². The zero-order valence-electron chi connectivity index (χ0n) is 14.1. The predicted octanol–water partition coefficient (Wildman–Crippen LogP) is 2.31. The van der Waals surface area contributed by atoms with Crippen LogP contribution >= 0.6 is 0 Å². The summed E-state index contributed by atoms with van der Waals surface area (Å²) in [6, 6.07) is 6.85. The second-order valence-corrected chi connectivity index (χ2v) is 7.14. The lowest BCUT2D eigenvalue weighted by Gasteiger charge is -2.41. The molecule has 0 saturated carbocycles. The Kier molecular flexibility index (Phi) is 5.42. The normalized spacial score (nSPS) is 17.0. The van der Waals surface area contributed by atoms with E-state index in [2.05, 4.69) is 31.0 Å². The number of hydrogen-bond donors (Lipinski definition) is 2. The van der Waals surface area contributed by atoms with E-state index in [0.717, 1.165) is 25.9 Å². The molecule has 0 atom stereocenters. The van der Waals surface area contributed by atoms with Gasteiger partial charge in [0.05, 0.1) is 12.0 Å². The fourth-order valence-corrected chi connectivity index (χ4v) is 3.03. The molecular weight excluding hydrogens is 292 g/mol. The molecule has 1 aliphatic rings. The van der Waals surface area contributed by atoms with Gasteiger partial charge in [0.1, 0.15) is 0 Å². The molecule has 0 aliphatic carbocycles. The smallest absolute Gasteiger partial charge is 0.335 e. The van der Waals surface area contributed by atoms with Gasteiger partial charge in [-0.1, -0.05) is 18.2 Å². The summed E-state index contributed by atoms with van der Waals surface area (Å²) in [6.07, 6.45) is 1.98. The van der Waals surface area contributed by atoms with Gasteiger partial charge >= 0.3 is 5.97 Å². The van der Waals surface area contributed by atoms with Gasteiger partial charge in [0.2, 0.25) is 5.91 Å². The van der Waals surface area contributed by atoms with Crippen LogP contribution in [0.4, 0.5) is 0 Å². The second kappa shape index (κ2) is 7.13. The number of carboxylic acid groups (broad SMARTS) is 1. The molecule has 5 heteroatoms. The quantitative estimate of drug-likeness (QED) is 0.894. The minimum atomic E-state index is -0.994. The number of likely N-dealkylation sites (tertiary alicyclic amines) is 1. The number of piperidine rings is 1. The molecule has 0 aromatic heterocycles. The van der Waals surface area contributed by atoms with Crippen LogP contribution in [0.3, 0.4) is 0 Å². The lowest BCUT2D eigenvalue weighted by atomic mass is 9.97. The molecule has 23 heavy (non-hydrogen) atoms. The van der Waals surface area contributed by atoms with Crippen LogP contribution in [0.5, 0.6) is 0 Å². The van der Waals surface area contributed by atoms with Gasteiger partial charge in [0.25, 0.3) is 0 Å². The molecule has 0 bridgehead atoms. The lowest BCUT2D eigenvalue weighted by molar-refractivity contribution is -0.121. The fourth-order valence-electron chi connectivity index (χ4n) is 3.03. The first-order chi connectivity index (χ1) is 10.8. The minimum Gasteiger partial charge on any atom is -0.478 e. The predicted molar refractivity (Wildman–Crippen MR) is 89.6 cm³/mol. The van der Waals surface area contributed by atoms with E-state index in [0.29, 0.717) is 5.56 Å². The van der Waals surface area contributed by atoms with E-state index in [1.807, 2.05) is 0 Å². The molecule has 126 valence electrons. The van der Waals surface area contributed by atoms with Gasteiger partial charge in [0, 0.05) is 24.7 Å². The average Bonchev–Trinajstić information content (AvgIpc) is 2.47. The molecule has 1 aromatic rings.